The molecule has 1 aliphatic rings. The molecule has 0 unspecified atom stereocenters. The third kappa shape index (κ3) is 3.41. The Morgan fingerprint density at radius 2 is 2.05 bits per heavy atom. The summed E-state index contributed by atoms with van der Waals surface area (Å²) >= 11 is 0. The fraction of sp³-hybridized carbons (Fsp3) is 0.615. The molecular weight excluding hydrogens is 244 g/mol. The molecule has 0 saturated heterocycles. The van der Waals surface area contributed by atoms with Crippen LogP contribution in [0.2, 0.25) is 0 Å². The largest absolute Gasteiger partial charge is 0.475 e. The van der Waals surface area contributed by atoms with Crippen LogP contribution in [-0.2, 0) is 0 Å². The first-order chi connectivity index (χ1) is 9.00. The second-order valence-corrected chi connectivity index (χ2v) is 5.31. The Bertz CT molecular complexity index is 438. The lowest BCUT2D eigenvalue weighted by atomic mass is 10.0. The van der Waals surface area contributed by atoms with Crippen LogP contribution >= 0.6 is 0 Å². The molecule has 1 heterocycles. The number of carbonyl (C=O) groups excluding carboxylic acids is 1. The lowest BCUT2D eigenvalue weighted by Crippen LogP contribution is -2.42. The number of nitrogens with two attached hydrogens (primary N) is 1. The monoisotopic (exact) mass is 264 g/mol. The van der Waals surface area contributed by atoms with E-state index in [1.54, 1.807) is 26.2 Å². The number of rotatable bonds is 4. The quantitative estimate of drug-likeness (QED) is 0.871. The predicted molar refractivity (Wildman–Crippen MR) is 70.9 cm³/mol. The summed E-state index contributed by atoms with van der Waals surface area (Å²) in [5, 5.41) is 7.76. The van der Waals surface area contributed by atoms with E-state index in [4.69, 9.17) is 10.5 Å². The zero-order chi connectivity index (χ0) is 13.9. The molecule has 1 aromatic heterocycles. The fourth-order valence-electron chi connectivity index (χ4n) is 2.18. The van der Waals surface area contributed by atoms with Crippen molar-refractivity contribution in [3.05, 3.63) is 17.8 Å². The molecule has 1 aromatic rings. The minimum atomic E-state index is -0.236. The van der Waals surface area contributed by atoms with Crippen LogP contribution in [0.4, 0.5) is 0 Å². The van der Waals surface area contributed by atoms with Gasteiger partial charge in [0.25, 0.3) is 5.91 Å². The summed E-state index contributed by atoms with van der Waals surface area (Å²) in [5.74, 6) is 0.233. The molecule has 0 aromatic carbocycles. The Morgan fingerprint density at radius 1 is 1.37 bits per heavy atom. The van der Waals surface area contributed by atoms with Gasteiger partial charge in [-0.05, 0) is 18.9 Å². The van der Waals surface area contributed by atoms with Gasteiger partial charge in [0, 0.05) is 20.2 Å². The van der Waals surface area contributed by atoms with Crippen molar-refractivity contribution in [1.29, 1.82) is 0 Å². The first-order valence-electron chi connectivity index (χ1n) is 6.47. The van der Waals surface area contributed by atoms with Crippen LogP contribution in [0.3, 0.4) is 0 Å². The summed E-state index contributed by atoms with van der Waals surface area (Å²) in [4.78, 5) is 13.1. The average molecular weight is 264 g/mol. The van der Waals surface area contributed by atoms with Gasteiger partial charge in [-0.2, -0.15) is 0 Å². The van der Waals surface area contributed by atoms with E-state index >= 15 is 0 Å². The molecule has 1 amide bonds. The highest BCUT2D eigenvalue weighted by molar-refractivity contribution is 5.91. The van der Waals surface area contributed by atoms with Crippen molar-refractivity contribution in [2.24, 2.45) is 5.73 Å². The number of carbonyl (C=O) groups is 1. The number of aromatic nitrogens is 2. The van der Waals surface area contributed by atoms with E-state index in [1.807, 2.05) is 0 Å². The van der Waals surface area contributed by atoms with Crippen LogP contribution in [0.15, 0.2) is 12.1 Å². The molecule has 0 bridgehead atoms. The van der Waals surface area contributed by atoms with Crippen LogP contribution in [0, 0.1) is 0 Å². The van der Waals surface area contributed by atoms with Gasteiger partial charge in [-0.15, -0.1) is 10.2 Å². The maximum absolute atomic E-state index is 11.6. The molecule has 0 aliphatic heterocycles. The lowest BCUT2D eigenvalue weighted by molar-refractivity contribution is 0.0820. The zero-order valence-corrected chi connectivity index (χ0v) is 11.4. The number of nitrogens with zero attached hydrogens (tertiary/aromatic N) is 3. The molecule has 0 spiro atoms. The van der Waals surface area contributed by atoms with Crippen LogP contribution in [-0.4, -0.2) is 47.2 Å². The molecule has 2 N–H and O–H groups in total. The average Bonchev–Trinajstić information content (AvgIpc) is 2.83. The van der Waals surface area contributed by atoms with Gasteiger partial charge in [0.2, 0.25) is 5.88 Å². The number of hydrogen-bond donors (Lipinski definition) is 1. The summed E-state index contributed by atoms with van der Waals surface area (Å²) in [6, 6.07) is 3.27. The molecule has 1 saturated carbocycles. The van der Waals surface area contributed by atoms with E-state index in [2.05, 4.69) is 10.2 Å². The van der Waals surface area contributed by atoms with Crippen molar-refractivity contribution in [2.75, 3.05) is 20.7 Å². The molecule has 1 aliphatic carbocycles. The fourth-order valence-corrected chi connectivity index (χ4v) is 2.18. The Kier molecular flexibility index (Phi) is 3.99. The van der Waals surface area contributed by atoms with Gasteiger partial charge in [-0.1, -0.05) is 12.8 Å². The van der Waals surface area contributed by atoms with Crippen molar-refractivity contribution >= 4 is 5.91 Å². The topological polar surface area (TPSA) is 81.3 Å². The van der Waals surface area contributed by atoms with Crippen LogP contribution < -0.4 is 10.5 Å². The molecular formula is C13H20N4O2. The van der Waals surface area contributed by atoms with Gasteiger partial charge >= 0.3 is 0 Å². The Balaban J connectivity index is 1.93. The van der Waals surface area contributed by atoms with Crippen LogP contribution in [0.1, 0.15) is 36.2 Å². The third-order valence-corrected chi connectivity index (χ3v) is 3.37. The molecule has 6 heteroatoms. The summed E-state index contributed by atoms with van der Waals surface area (Å²) in [7, 11) is 3.35. The minimum absolute atomic E-state index is 0.176. The zero-order valence-electron chi connectivity index (χ0n) is 11.4. The van der Waals surface area contributed by atoms with Gasteiger partial charge in [0.1, 0.15) is 6.61 Å². The number of hydrogen-bond acceptors (Lipinski definition) is 5. The van der Waals surface area contributed by atoms with Gasteiger partial charge in [0.05, 0.1) is 5.54 Å². The predicted octanol–water partition coefficient (Wildman–Crippen LogP) is 0.829. The van der Waals surface area contributed by atoms with Crippen molar-refractivity contribution in [1.82, 2.24) is 15.1 Å². The van der Waals surface area contributed by atoms with E-state index in [0.29, 0.717) is 18.2 Å². The van der Waals surface area contributed by atoms with E-state index < -0.39 is 0 Å². The molecule has 2 rings (SSSR count). The van der Waals surface area contributed by atoms with Gasteiger partial charge < -0.3 is 15.4 Å². The highest BCUT2D eigenvalue weighted by atomic mass is 16.5. The van der Waals surface area contributed by atoms with Gasteiger partial charge in [-0.3, -0.25) is 4.79 Å². The Hall–Kier alpha value is -1.69. The van der Waals surface area contributed by atoms with E-state index in [-0.39, 0.29) is 11.4 Å². The second kappa shape index (κ2) is 5.52. The number of amides is 1. The van der Waals surface area contributed by atoms with Crippen LogP contribution in [0.5, 0.6) is 5.88 Å². The maximum atomic E-state index is 11.6. The lowest BCUT2D eigenvalue weighted by Gasteiger charge is -2.22. The van der Waals surface area contributed by atoms with E-state index in [9.17, 15) is 4.79 Å². The van der Waals surface area contributed by atoms with E-state index in [1.165, 1.54) is 4.90 Å². The molecule has 1 fully saturated rings. The van der Waals surface area contributed by atoms with Crippen molar-refractivity contribution < 1.29 is 9.53 Å². The highest BCUT2D eigenvalue weighted by Gasteiger charge is 2.30. The standard InChI is InChI=1S/C13H20N4O2/c1-17(2)12(18)10-5-6-11(16-15-10)19-9-13(14)7-3-4-8-13/h5-6H,3-4,7-9,14H2,1-2H3. The summed E-state index contributed by atoms with van der Waals surface area (Å²) in [6.07, 6.45) is 4.28. The molecule has 19 heavy (non-hydrogen) atoms. The number of ether oxygens (including phenoxy) is 1. The van der Waals surface area contributed by atoms with Crippen molar-refractivity contribution in [3.63, 3.8) is 0 Å². The summed E-state index contributed by atoms with van der Waals surface area (Å²) in [6.45, 7) is 0.447. The first-order valence-corrected chi connectivity index (χ1v) is 6.47. The molecule has 6 nitrogen and oxygen atoms in total. The summed E-state index contributed by atoms with van der Waals surface area (Å²) < 4.78 is 5.56. The maximum Gasteiger partial charge on any atom is 0.273 e. The highest BCUT2D eigenvalue weighted by Crippen LogP contribution is 2.27. The van der Waals surface area contributed by atoms with E-state index in [0.717, 1.165) is 25.7 Å². The summed E-state index contributed by atoms with van der Waals surface area (Å²) in [5.41, 5.74) is 6.26. The van der Waals surface area contributed by atoms with Crippen LogP contribution in [0.25, 0.3) is 0 Å². The molecule has 0 atom stereocenters. The Morgan fingerprint density at radius 3 is 2.58 bits per heavy atom. The SMILES string of the molecule is CN(C)C(=O)c1ccc(OCC2(N)CCCC2)nn1. The second-order valence-electron chi connectivity index (χ2n) is 5.31. The van der Waals surface area contributed by atoms with Gasteiger partial charge in [0.15, 0.2) is 5.69 Å². The van der Waals surface area contributed by atoms with Gasteiger partial charge in [-0.25, -0.2) is 0 Å². The smallest absolute Gasteiger partial charge is 0.273 e. The minimum Gasteiger partial charge on any atom is -0.475 e. The molecule has 104 valence electrons. The first kappa shape index (κ1) is 13.7. The Labute approximate surface area is 112 Å². The van der Waals surface area contributed by atoms with Crippen molar-refractivity contribution in [3.8, 4) is 5.88 Å². The normalized spacial score (nSPS) is 17.2. The molecule has 0 radical (unpaired) electrons. The van der Waals surface area contributed by atoms with Crippen molar-refractivity contribution in [2.45, 2.75) is 31.2 Å². The third-order valence-electron chi connectivity index (χ3n) is 3.37.